The standard InChI is InChI=1S/C25H16F2N4O2S/c26-19-2-4-25(23(27)13-19)31-34(32,33)20-11-18(14-29-15-20)17-1-3-24-22(12-17)21(7-10-30-24)16-5-8-28-9-6-16/h1-15,31H. The highest BCUT2D eigenvalue weighted by Gasteiger charge is 2.18. The van der Waals surface area contributed by atoms with E-state index in [1.54, 1.807) is 24.8 Å². The molecule has 3 heterocycles. The lowest BCUT2D eigenvalue weighted by Gasteiger charge is -2.11. The third kappa shape index (κ3) is 4.20. The van der Waals surface area contributed by atoms with Crippen LogP contribution in [-0.2, 0) is 10.0 Å². The molecule has 0 amide bonds. The molecule has 5 aromatic rings. The molecule has 0 aliphatic heterocycles. The first-order valence-corrected chi connectivity index (χ1v) is 11.6. The van der Waals surface area contributed by atoms with Gasteiger partial charge in [0, 0.05) is 48.0 Å². The molecule has 0 spiro atoms. The van der Waals surface area contributed by atoms with Crippen LogP contribution in [0.5, 0.6) is 0 Å². The Kier molecular flexibility index (Phi) is 5.46. The van der Waals surface area contributed by atoms with E-state index in [2.05, 4.69) is 19.7 Å². The summed E-state index contributed by atoms with van der Waals surface area (Å²) in [5.74, 6) is -1.82. The van der Waals surface area contributed by atoms with E-state index in [0.717, 1.165) is 45.9 Å². The number of nitrogens with one attached hydrogen (secondary N) is 1. The van der Waals surface area contributed by atoms with Gasteiger partial charge in [-0.2, -0.15) is 0 Å². The first-order chi connectivity index (χ1) is 16.4. The van der Waals surface area contributed by atoms with Gasteiger partial charge in [-0.1, -0.05) is 6.07 Å². The van der Waals surface area contributed by atoms with Crippen molar-refractivity contribution in [3.8, 4) is 22.3 Å². The van der Waals surface area contributed by atoms with Crippen molar-refractivity contribution in [2.75, 3.05) is 4.72 Å². The molecule has 168 valence electrons. The van der Waals surface area contributed by atoms with Crippen LogP contribution in [0.3, 0.4) is 0 Å². The summed E-state index contributed by atoms with van der Waals surface area (Å²) in [6.07, 6.45) is 7.85. The molecule has 3 aromatic heterocycles. The number of rotatable bonds is 5. The molecule has 1 N–H and O–H groups in total. The average Bonchev–Trinajstić information content (AvgIpc) is 2.86. The summed E-state index contributed by atoms with van der Waals surface area (Å²) in [4.78, 5) is 12.4. The second kappa shape index (κ2) is 8.60. The fourth-order valence-corrected chi connectivity index (χ4v) is 4.66. The van der Waals surface area contributed by atoms with Crippen LogP contribution in [0.25, 0.3) is 33.2 Å². The molecule has 0 atom stereocenters. The number of nitrogens with zero attached hydrogens (tertiary/aromatic N) is 3. The van der Waals surface area contributed by atoms with E-state index < -0.39 is 21.7 Å². The molecule has 34 heavy (non-hydrogen) atoms. The fraction of sp³-hybridized carbons (Fsp3) is 0. The zero-order valence-electron chi connectivity index (χ0n) is 17.5. The fourth-order valence-electron chi connectivity index (χ4n) is 3.61. The summed E-state index contributed by atoms with van der Waals surface area (Å²) in [5.41, 5.74) is 3.63. The lowest BCUT2D eigenvalue weighted by atomic mass is 9.98. The van der Waals surface area contributed by atoms with Crippen molar-refractivity contribution in [2.24, 2.45) is 0 Å². The number of aromatic nitrogens is 3. The lowest BCUT2D eigenvalue weighted by molar-refractivity contribution is 0.582. The van der Waals surface area contributed by atoms with Crippen molar-refractivity contribution in [3.63, 3.8) is 0 Å². The maximum Gasteiger partial charge on any atom is 0.263 e. The number of pyridine rings is 3. The van der Waals surface area contributed by atoms with Crippen molar-refractivity contribution in [1.82, 2.24) is 15.0 Å². The number of anilines is 1. The number of hydrogen-bond acceptors (Lipinski definition) is 5. The third-order valence-electron chi connectivity index (χ3n) is 5.27. The van der Waals surface area contributed by atoms with Gasteiger partial charge in [-0.05, 0) is 65.2 Å². The van der Waals surface area contributed by atoms with Crippen molar-refractivity contribution in [2.45, 2.75) is 4.90 Å². The quantitative estimate of drug-likeness (QED) is 0.367. The minimum Gasteiger partial charge on any atom is -0.277 e. The van der Waals surface area contributed by atoms with Crippen LogP contribution in [0.2, 0.25) is 0 Å². The minimum absolute atomic E-state index is 0.158. The van der Waals surface area contributed by atoms with E-state index in [-0.39, 0.29) is 10.6 Å². The van der Waals surface area contributed by atoms with Gasteiger partial charge in [0.2, 0.25) is 0 Å². The highest BCUT2D eigenvalue weighted by atomic mass is 32.2. The van der Waals surface area contributed by atoms with Gasteiger partial charge in [-0.25, -0.2) is 17.2 Å². The number of hydrogen-bond donors (Lipinski definition) is 1. The van der Waals surface area contributed by atoms with E-state index >= 15 is 0 Å². The molecule has 0 aliphatic rings. The smallest absolute Gasteiger partial charge is 0.263 e. The maximum atomic E-state index is 14.0. The average molecular weight is 474 g/mol. The normalized spacial score (nSPS) is 11.5. The molecule has 0 saturated heterocycles. The van der Waals surface area contributed by atoms with E-state index in [0.29, 0.717) is 11.6 Å². The number of halogens is 2. The second-order valence-corrected chi connectivity index (χ2v) is 9.15. The van der Waals surface area contributed by atoms with E-state index in [4.69, 9.17) is 0 Å². The summed E-state index contributed by atoms with van der Waals surface area (Å²) in [7, 11) is -4.17. The van der Waals surface area contributed by atoms with Crippen LogP contribution >= 0.6 is 0 Å². The van der Waals surface area contributed by atoms with Gasteiger partial charge in [0.05, 0.1) is 11.2 Å². The third-order valence-corrected chi connectivity index (χ3v) is 6.60. The molecule has 2 aromatic carbocycles. The zero-order chi connectivity index (χ0) is 23.7. The Hall–Kier alpha value is -4.24. The van der Waals surface area contributed by atoms with Gasteiger partial charge >= 0.3 is 0 Å². The molecule has 0 unspecified atom stereocenters. The molecular weight excluding hydrogens is 458 g/mol. The van der Waals surface area contributed by atoms with Crippen molar-refractivity contribution < 1.29 is 17.2 Å². The highest BCUT2D eigenvalue weighted by molar-refractivity contribution is 7.92. The van der Waals surface area contributed by atoms with E-state index in [1.165, 1.54) is 6.07 Å². The zero-order valence-corrected chi connectivity index (χ0v) is 18.3. The Morgan fingerprint density at radius 2 is 1.56 bits per heavy atom. The number of sulfonamides is 1. The summed E-state index contributed by atoms with van der Waals surface area (Å²) >= 11 is 0. The van der Waals surface area contributed by atoms with Crippen molar-refractivity contribution >= 4 is 26.6 Å². The van der Waals surface area contributed by atoms with Crippen LogP contribution in [-0.4, -0.2) is 23.4 Å². The molecule has 0 aliphatic carbocycles. The molecular formula is C25H16F2N4O2S. The molecule has 0 fully saturated rings. The predicted octanol–water partition coefficient (Wildman–Crippen LogP) is 5.44. The van der Waals surface area contributed by atoms with Crippen LogP contribution in [0.4, 0.5) is 14.5 Å². The Morgan fingerprint density at radius 1 is 0.735 bits per heavy atom. The van der Waals surface area contributed by atoms with Crippen molar-refractivity contribution in [1.29, 1.82) is 0 Å². The van der Waals surface area contributed by atoms with Crippen LogP contribution in [0, 0.1) is 11.6 Å². The first kappa shape index (κ1) is 21.6. The Balaban J connectivity index is 1.55. The first-order valence-electron chi connectivity index (χ1n) is 10.1. The highest BCUT2D eigenvalue weighted by Crippen LogP contribution is 2.31. The summed E-state index contributed by atoms with van der Waals surface area (Å²) in [5, 5.41) is 0.881. The van der Waals surface area contributed by atoms with Gasteiger partial charge < -0.3 is 0 Å². The topological polar surface area (TPSA) is 84.8 Å². The molecule has 0 saturated carbocycles. The van der Waals surface area contributed by atoms with E-state index in [9.17, 15) is 17.2 Å². The summed E-state index contributed by atoms with van der Waals surface area (Å²) in [6, 6.07) is 15.3. The van der Waals surface area contributed by atoms with Crippen LogP contribution < -0.4 is 4.72 Å². The van der Waals surface area contributed by atoms with Crippen molar-refractivity contribution in [3.05, 3.63) is 103 Å². The minimum atomic E-state index is -4.17. The SMILES string of the molecule is O=S(=O)(Nc1ccc(F)cc1F)c1cncc(-c2ccc3nccc(-c4ccncc4)c3c2)c1. The number of fused-ring (bicyclic) bond motifs is 1. The van der Waals surface area contributed by atoms with Crippen LogP contribution in [0.15, 0.2) is 96.5 Å². The van der Waals surface area contributed by atoms with Gasteiger partial charge in [-0.15, -0.1) is 0 Å². The Bertz CT molecular complexity index is 1630. The molecule has 0 radical (unpaired) electrons. The Labute approximate surface area is 194 Å². The summed E-state index contributed by atoms with van der Waals surface area (Å²) < 4.78 is 55.0. The largest absolute Gasteiger partial charge is 0.277 e. The van der Waals surface area contributed by atoms with Crippen LogP contribution in [0.1, 0.15) is 0 Å². The monoisotopic (exact) mass is 474 g/mol. The number of benzene rings is 2. The molecule has 9 heteroatoms. The Morgan fingerprint density at radius 3 is 2.35 bits per heavy atom. The lowest BCUT2D eigenvalue weighted by Crippen LogP contribution is -2.14. The summed E-state index contributed by atoms with van der Waals surface area (Å²) in [6.45, 7) is 0. The second-order valence-electron chi connectivity index (χ2n) is 7.47. The van der Waals surface area contributed by atoms with Gasteiger partial charge in [0.25, 0.3) is 10.0 Å². The molecule has 5 rings (SSSR count). The van der Waals surface area contributed by atoms with Gasteiger partial charge in [-0.3, -0.25) is 19.7 Å². The molecule has 0 bridgehead atoms. The molecule has 6 nitrogen and oxygen atoms in total. The predicted molar refractivity (Wildman–Crippen MR) is 125 cm³/mol. The van der Waals surface area contributed by atoms with E-state index in [1.807, 2.05) is 36.4 Å². The van der Waals surface area contributed by atoms with Gasteiger partial charge in [0.1, 0.15) is 16.5 Å². The van der Waals surface area contributed by atoms with Gasteiger partial charge in [0.15, 0.2) is 0 Å². The maximum absolute atomic E-state index is 14.0.